The molecule has 0 spiro atoms. The average molecular weight is 378 g/mol. The molecule has 0 aliphatic rings. The van der Waals surface area contributed by atoms with Gasteiger partial charge in [0.05, 0.1) is 0 Å². The maximum atomic E-state index is 10.7. The molecule has 0 amide bonds. The number of benzene rings is 3. The number of hydrogen-bond donors (Lipinski definition) is 2. The maximum absolute atomic E-state index is 10.7. The Bertz CT molecular complexity index is 859. The fourth-order valence-corrected chi connectivity index (χ4v) is 6.45. The van der Waals surface area contributed by atoms with Crippen molar-refractivity contribution in [1.29, 1.82) is 0 Å². The van der Waals surface area contributed by atoms with Crippen LogP contribution >= 0.6 is 7.92 Å². The van der Waals surface area contributed by atoms with Crippen LogP contribution < -0.4 is 15.9 Å². The molecule has 0 radical (unpaired) electrons. The van der Waals surface area contributed by atoms with E-state index in [4.69, 9.17) is 0 Å². The summed E-state index contributed by atoms with van der Waals surface area (Å²) in [6, 6.07) is 21.5. The molecule has 0 fully saturated rings. The summed E-state index contributed by atoms with van der Waals surface area (Å²) in [7, 11) is -1.09. The van der Waals surface area contributed by atoms with Gasteiger partial charge < -0.3 is 10.2 Å². The molecule has 3 heteroatoms. The molecule has 140 valence electrons. The number of para-hydroxylation sites is 2. The van der Waals surface area contributed by atoms with Gasteiger partial charge in [-0.1, -0.05) is 82.3 Å². The third kappa shape index (κ3) is 3.87. The van der Waals surface area contributed by atoms with Gasteiger partial charge in [-0.05, 0) is 48.3 Å². The van der Waals surface area contributed by atoms with E-state index in [2.05, 4.69) is 45.9 Å². The lowest BCUT2D eigenvalue weighted by molar-refractivity contribution is 0.479. The van der Waals surface area contributed by atoms with Crippen LogP contribution in [0.1, 0.15) is 50.7 Å². The smallest absolute Gasteiger partial charge is 0.123 e. The first-order valence-electron chi connectivity index (χ1n) is 9.40. The van der Waals surface area contributed by atoms with Gasteiger partial charge in [0.25, 0.3) is 0 Å². The molecule has 3 aromatic carbocycles. The monoisotopic (exact) mass is 378 g/mol. The molecule has 27 heavy (non-hydrogen) atoms. The third-order valence-corrected chi connectivity index (χ3v) is 7.49. The zero-order valence-electron chi connectivity index (χ0n) is 16.3. The zero-order valence-corrected chi connectivity index (χ0v) is 17.2. The third-order valence-electron chi connectivity index (χ3n) is 4.81. The molecule has 0 bridgehead atoms. The van der Waals surface area contributed by atoms with E-state index in [1.165, 1.54) is 16.4 Å². The topological polar surface area (TPSA) is 40.5 Å². The van der Waals surface area contributed by atoms with Crippen molar-refractivity contribution in [3.8, 4) is 11.5 Å². The van der Waals surface area contributed by atoms with Gasteiger partial charge >= 0.3 is 0 Å². The highest BCUT2D eigenvalue weighted by Crippen LogP contribution is 2.43. The molecule has 0 aliphatic heterocycles. The fraction of sp³-hybridized carbons (Fsp3) is 0.250. The van der Waals surface area contributed by atoms with E-state index in [0.29, 0.717) is 11.8 Å². The Labute approximate surface area is 163 Å². The molecule has 0 aliphatic carbocycles. The summed E-state index contributed by atoms with van der Waals surface area (Å²) in [5, 5.41) is 24.4. The van der Waals surface area contributed by atoms with Crippen molar-refractivity contribution in [3.63, 3.8) is 0 Å². The molecule has 3 rings (SSSR count). The standard InChI is InChI=1S/C24H27O2P/c1-16(2)18-10-9-11-19(17(3)4)24(18)27(22-14-7-5-12-20(22)25)23-15-8-6-13-21(23)26/h5-17,25-26H,1-4H3. The minimum Gasteiger partial charge on any atom is -0.507 e. The van der Waals surface area contributed by atoms with E-state index in [9.17, 15) is 10.2 Å². The largest absolute Gasteiger partial charge is 0.507 e. The van der Waals surface area contributed by atoms with Gasteiger partial charge in [0.15, 0.2) is 0 Å². The Morgan fingerprint density at radius 1 is 0.593 bits per heavy atom. The minimum absolute atomic E-state index is 0.278. The number of hydrogen-bond acceptors (Lipinski definition) is 2. The second-order valence-electron chi connectivity index (χ2n) is 7.41. The van der Waals surface area contributed by atoms with Crippen LogP contribution in [0.2, 0.25) is 0 Å². The lowest BCUT2D eigenvalue weighted by Gasteiger charge is -2.28. The minimum atomic E-state index is -1.09. The van der Waals surface area contributed by atoms with Crippen LogP contribution in [0, 0.1) is 0 Å². The molecule has 2 nitrogen and oxygen atoms in total. The zero-order chi connectivity index (χ0) is 19.6. The van der Waals surface area contributed by atoms with E-state index in [0.717, 1.165) is 10.6 Å². The first-order chi connectivity index (χ1) is 12.9. The van der Waals surface area contributed by atoms with Gasteiger partial charge in [0.1, 0.15) is 11.5 Å². The van der Waals surface area contributed by atoms with Crippen LogP contribution in [-0.2, 0) is 0 Å². The molecule has 0 unspecified atom stereocenters. The molecular weight excluding hydrogens is 351 g/mol. The molecule has 0 aromatic heterocycles. The first-order valence-corrected chi connectivity index (χ1v) is 10.7. The highest BCUT2D eigenvalue weighted by molar-refractivity contribution is 7.80. The van der Waals surface area contributed by atoms with Gasteiger partial charge in [0, 0.05) is 10.6 Å². The Hall–Kier alpha value is -2.31. The molecule has 2 N–H and O–H groups in total. The van der Waals surface area contributed by atoms with E-state index < -0.39 is 7.92 Å². The van der Waals surface area contributed by atoms with E-state index in [1.807, 2.05) is 36.4 Å². The summed E-state index contributed by atoms with van der Waals surface area (Å²) < 4.78 is 0. The second kappa shape index (κ2) is 8.15. The highest BCUT2D eigenvalue weighted by Gasteiger charge is 2.28. The molecule has 3 aromatic rings. The van der Waals surface area contributed by atoms with Gasteiger partial charge in [-0.15, -0.1) is 0 Å². The highest BCUT2D eigenvalue weighted by atomic mass is 31.1. The maximum Gasteiger partial charge on any atom is 0.123 e. The molecule has 0 saturated carbocycles. The number of rotatable bonds is 5. The molecule has 0 saturated heterocycles. The van der Waals surface area contributed by atoms with Crippen molar-refractivity contribution in [2.24, 2.45) is 0 Å². The predicted octanol–water partition coefficient (Wildman–Crippen LogP) is 5.10. The van der Waals surface area contributed by atoms with Crippen molar-refractivity contribution >= 4 is 23.8 Å². The van der Waals surface area contributed by atoms with Crippen LogP contribution in [-0.4, -0.2) is 10.2 Å². The number of phenols is 2. The quantitative estimate of drug-likeness (QED) is 0.606. The van der Waals surface area contributed by atoms with Crippen molar-refractivity contribution in [2.45, 2.75) is 39.5 Å². The Kier molecular flexibility index (Phi) is 5.87. The lowest BCUT2D eigenvalue weighted by Crippen LogP contribution is -2.27. The fourth-order valence-electron chi connectivity index (χ4n) is 3.45. The number of aromatic hydroxyl groups is 2. The van der Waals surface area contributed by atoms with E-state index in [1.54, 1.807) is 12.1 Å². The van der Waals surface area contributed by atoms with Crippen molar-refractivity contribution in [2.75, 3.05) is 0 Å². The summed E-state index contributed by atoms with van der Waals surface area (Å²) in [6.45, 7) is 8.80. The Balaban J connectivity index is 2.40. The predicted molar refractivity (Wildman–Crippen MR) is 117 cm³/mol. The van der Waals surface area contributed by atoms with Crippen LogP contribution in [0.4, 0.5) is 0 Å². The SMILES string of the molecule is CC(C)c1cccc(C(C)C)c1P(c1ccccc1O)c1ccccc1O. The van der Waals surface area contributed by atoms with Crippen LogP contribution in [0.5, 0.6) is 11.5 Å². The molecular formula is C24H27O2P. The van der Waals surface area contributed by atoms with Gasteiger partial charge in [-0.3, -0.25) is 0 Å². The first kappa shape index (κ1) is 19.5. The average Bonchev–Trinajstić information content (AvgIpc) is 2.64. The summed E-state index contributed by atoms with van der Waals surface area (Å²) in [6.07, 6.45) is 0. The van der Waals surface area contributed by atoms with E-state index in [-0.39, 0.29) is 11.5 Å². The normalized spacial score (nSPS) is 11.5. The summed E-state index contributed by atoms with van der Waals surface area (Å²) in [5.74, 6) is 1.25. The van der Waals surface area contributed by atoms with Crippen molar-refractivity contribution < 1.29 is 10.2 Å². The van der Waals surface area contributed by atoms with Crippen molar-refractivity contribution in [3.05, 3.63) is 77.9 Å². The van der Waals surface area contributed by atoms with Gasteiger partial charge in [0.2, 0.25) is 0 Å². The van der Waals surface area contributed by atoms with Crippen LogP contribution in [0.15, 0.2) is 66.7 Å². The summed E-state index contributed by atoms with van der Waals surface area (Å²) in [5.41, 5.74) is 2.55. The van der Waals surface area contributed by atoms with Crippen molar-refractivity contribution in [1.82, 2.24) is 0 Å². The van der Waals surface area contributed by atoms with Gasteiger partial charge in [-0.25, -0.2) is 0 Å². The summed E-state index contributed by atoms with van der Waals surface area (Å²) in [4.78, 5) is 0. The lowest BCUT2D eigenvalue weighted by atomic mass is 9.95. The summed E-state index contributed by atoms with van der Waals surface area (Å²) >= 11 is 0. The van der Waals surface area contributed by atoms with Gasteiger partial charge in [-0.2, -0.15) is 0 Å². The molecule has 0 atom stereocenters. The Morgan fingerprint density at radius 3 is 1.37 bits per heavy atom. The van der Waals surface area contributed by atoms with Crippen LogP contribution in [0.25, 0.3) is 0 Å². The molecule has 0 heterocycles. The van der Waals surface area contributed by atoms with E-state index >= 15 is 0 Å². The van der Waals surface area contributed by atoms with Crippen LogP contribution in [0.3, 0.4) is 0 Å². The number of phenolic OH excluding ortho intramolecular Hbond substituents is 2. The second-order valence-corrected chi connectivity index (χ2v) is 9.49. The Morgan fingerprint density at radius 2 is 1.00 bits per heavy atom.